The maximum Gasteiger partial charge on any atom is 0.255 e. The third-order valence-electron chi connectivity index (χ3n) is 6.42. The number of amides is 2. The number of allylic oxidation sites excluding steroid dienone is 5. The second kappa shape index (κ2) is 13.2. The molecule has 0 aliphatic carbocycles. The zero-order chi connectivity index (χ0) is 26.8. The van der Waals surface area contributed by atoms with Crippen molar-refractivity contribution in [3.63, 3.8) is 0 Å². The van der Waals surface area contributed by atoms with Crippen molar-refractivity contribution in [2.24, 2.45) is 0 Å². The van der Waals surface area contributed by atoms with E-state index in [-0.39, 0.29) is 11.8 Å². The van der Waals surface area contributed by atoms with E-state index in [0.29, 0.717) is 17.7 Å². The van der Waals surface area contributed by atoms with Gasteiger partial charge in [0.05, 0.1) is 0 Å². The molecule has 0 saturated heterocycles. The van der Waals surface area contributed by atoms with Gasteiger partial charge < -0.3 is 10.6 Å². The smallest absolute Gasteiger partial charge is 0.255 e. The zero-order valence-electron chi connectivity index (χ0n) is 22.4. The van der Waals surface area contributed by atoms with Crippen molar-refractivity contribution in [2.45, 2.75) is 47.6 Å². The highest BCUT2D eigenvalue weighted by Gasteiger charge is 2.07. The van der Waals surface area contributed by atoms with Crippen molar-refractivity contribution in [3.05, 3.63) is 141 Å². The Labute approximate surface area is 220 Å². The molecule has 37 heavy (non-hydrogen) atoms. The third-order valence-corrected chi connectivity index (χ3v) is 6.42. The average molecular weight is 493 g/mol. The first-order chi connectivity index (χ1) is 17.8. The van der Waals surface area contributed by atoms with Gasteiger partial charge in [-0.25, -0.2) is 0 Å². The lowest BCUT2D eigenvalue weighted by atomic mass is 10.0. The quantitative estimate of drug-likeness (QED) is 0.321. The summed E-state index contributed by atoms with van der Waals surface area (Å²) >= 11 is 0. The third kappa shape index (κ3) is 8.18. The van der Waals surface area contributed by atoms with Crippen molar-refractivity contribution >= 4 is 11.8 Å². The fourth-order valence-electron chi connectivity index (χ4n) is 3.83. The lowest BCUT2D eigenvalue weighted by molar-refractivity contribution is 0.0948. The van der Waals surface area contributed by atoms with Crippen molar-refractivity contribution < 1.29 is 9.59 Å². The molecule has 0 aliphatic heterocycles. The molecule has 0 aromatic heterocycles. The van der Waals surface area contributed by atoms with Crippen molar-refractivity contribution in [2.75, 3.05) is 0 Å². The number of carbonyl (C=O) groups excluding carboxylic acids is 2. The Balaban J connectivity index is 1.55. The predicted molar refractivity (Wildman–Crippen MR) is 153 cm³/mol. The van der Waals surface area contributed by atoms with Gasteiger partial charge in [0.1, 0.15) is 0 Å². The van der Waals surface area contributed by atoms with Crippen LogP contribution in [0.3, 0.4) is 0 Å². The summed E-state index contributed by atoms with van der Waals surface area (Å²) in [6.07, 6.45) is 10.3. The van der Waals surface area contributed by atoms with Gasteiger partial charge in [-0.15, -0.1) is 0 Å². The van der Waals surface area contributed by atoms with Gasteiger partial charge in [-0.1, -0.05) is 54.6 Å². The minimum atomic E-state index is -0.125. The monoisotopic (exact) mass is 492 g/mol. The zero-order valence-corrected chi connectivity index (χ0v) is 22.4. The largest absolute Gasteiger partial charge is 0.348 e. The Morgan fingerprint density at radius 2 is 1.30 bits per heavy atom. The molecule has 0 atom stereocenters. The molecule has 3 aromatic carbocycles. The molecule has 0 bridgehead atoms. The maximum atomic E-state index is 12.5. The highest BCUT2D eigenvalue weighted by atomic mass is 16.2. The van der Waals surface area contributed by atoms with Crippen LogP contribution in [0.15, 0.2) is 96.7 Å². The summed E-state index contributed by atoms with van der Waals surface area (Å²) in [5, 5.41) is 5.83. The van der Waals surface area contributed by atoms with E-state index < -0.39 is 0 Å². The number of hydrogen-bond acceptors (Lipinski definition) is 2. The summed E-state index contributed by atoms with van der Waals surface area (Å²) in [6.45, 7) is 10.6. The van der Waals surface area contributed by atoms with E-state index in [9.17, 15) is 9.59 Å². The fourth-order valence-corrected chi connectivity index (χ4v) is 3.83. The number of hydrogen-bond donors (Lipinski definition) is 2. The normalized spacial score (nSPS) is 11.8. The summed E-state index contributed by atoms with van der Waals surface area (Å²) in [6, 6.07) is 19.7. The number of aryl methyl sites for hydroxylation is 4. The summed E-state index contributed by atoms with van der Waals surface area (Å²) < 4.78 is 0. The van der Waals surface area contributed by atoms with Crippen molar-refractivity contribution in [1.82, 2.24) is 10.6 Å². The Morgan fingerprint density at radius 1 is 0.730 bits per heavy atom. The van der Waals surface area contributed by atoms with E-state index in [0.717, 1.165) is 28.7 Å². The van der Waals surface area contributed by atoms with E-state index in [1.54, 1.807) is 6.20 Å². The van der Waals surface area contributed by atoms with Gasteiger partial charge in [-0.3, -0.25) is 9.59 Å². The molecule has 4 heteroatoms. The van der Waals surface area contributed by atoms with E-state index in [4.69, 9.17) is 0 Å². The maximum absolute atomic E-state index is 12.5. The highest BCUT2D eigenvalue weighted by Crippen LogP contribution is 2.13. The van der Waals surface area contributed by atoms with Gasteiger partial charge in [0.25, 0.3) is 11.8 Å². The van der Waals surface area contributed by atoms with Crippen LogP contribution >= 0.6 is 0 Å². The topological polar surface area (TPSA) is 58.2 Å². The lowest BCUT2D eigenvalue weighted by Gasteiger charge is -2.09. The van der Waals surface area contributed by atoms with Crippen LogP contribution in [0, 0.1) is 27.7 Å². The molecule has 4 nitrogen and oxygen atoms in total. The molecule has 3 rings (SSSR count). The molecular formula is C33H36N2O2. The van der Waals surface area contributed by atoms with Crippen molar-refractivity contribution in [1.29, 1.82) is 0 Å². The molecule has 190 valence electrons. The predicted octanol–water partition coefficient (Wildman–Crippen LogP) is 6.84. The van der Waals surface area contributed by atoms with Crippen LogP contribution in [0.4, 0.5) is 0 Å². The number of rotatable bonds is 9. The Morgan fingerprint density at radius 3 is 1.86 bits per heavy atom. The molecule has 0 saturated carbocycles. The standard InChI is InChI=1S/C33H36N2O2/c1-6-8-27(9-7-18-34-32(36)30-16-10-23(2)25(4)19-30)21-28-12-14-29(15-13-28)22-35-33(37)31-17-11-24(3)26(5)20-31/h6-20H,21-22H2,1-5H3,(H,34,36)(H,35,37)/b8-6-,18-7+,27-9+. The molecule has 0 aliphatic rings. The van der Waals surface area contributed by atoms with Crippen LogP contribution in [0.5, 0.6) is 0 Å². The van der Waals surface area contributed by atoms with Gasteiger partial charge in [0.15, 0.2) is 0 Å². The van der Waals surface area contributed by atoms with Crippen molar-refractivity contribution in [3.8, 4) is 0 Å². The first kappa shape index (κ1) is 27.4. The Kier molecular flexibility index (Phi) is 9.79. The second-order valence-electron chi connectivity index (χ2n) is 9.35. The van der Waals surface area contributed by atoms with Crippen LogP contribution in [-0.4, -0.2) is 11.8 Å². The molecule has 3 aromatic rings. The second-order valence-corrected chi connectivity index (χ2v) is 9.35. The van der Waals surface area contributed by atoms with Crippen LogP contribution in [0.25, 0.3) is 0 Å². The van der Waals surface area contributed by atoms with Crippen LogP contribution < -0.4 is 10.6 Å². The minimum absolute atomic E-state index is 0.0677. The number of benzene rings is 3. The summed E-state index contributed by atoms with van der Waals surface area (Å²) in [4.78, 5) is 24.9. The summed E-state index contributed by atoms with van der Waals surface area (Å²) in [5.74, 6) is -0.192. The average Bonchev–Trinajstić information content (AvgIpc) is 2.89. The molecule has 0 radical (unpaired) electrons. The Hall–Kier alpha value is -4.18. The Bertz CT molecular complexity index is 1350. The SMILES string of the molecule is C\C=C/C(=C\C=C\NC(=O)c1ccc(C)c(C)c1)Cc1ccc(CNC(=O)c2ccc(C)c(C)c2)cc1. The molecule has 0 unspecified atom stereocenters. The van der Waals surface area contributed by atoms with Gasteiger partial charge in [-0.2, -0.15) is 0 Å². The van der Waals surface area contributed by atoms with Gasteiger partial charge in [0.2, 0.25) is 0 Å². The summed E-state index contributed by atoms with van der Waals surface area (Å²) in [5.41, 5.74) is 9.22. The van der Waals surface area contributed by atoms with E-state index in [1.807, 2.05) is 101 Å². The number of carbonyl (C=O) groups is 2. The molecular weight excluding hydrogens is 456 g/mol. The molecule has 0 fully saturated rings. The van der Waals surface area contributed by atoms with Gasteiger partial charge >= 0.3 is 0 Å². The molecule has 2 amide bonds. The lowest BCUT2D eigenvalue weighted by Crippen LogP contribution is -2.22. The van der Waals surface area contributed by atoms with E-state index in [1.165, 1.54) is 16.7 Å². The van der Waals surface area contributed by atoms with Crippen LogP contribution in [0.2, 0.25) is 0 Å². The van der Waals surface area contributed by atoms with E-state index >= 15 is 0 Å². The minimum Gasteiger partial charge on any atom is -0.348 e. The van der Waals surface area contributed by atoms with E-state index in [2.05, 4.69) is 28.8 Å². The molecule has 2 N–H and O–H groups in total. The number of nitrogens with one attached hydrogen (secondary N) is 2. The first-order valence-corrected chi connectivity index (χ1v) is 12.6. The summed E-state index contributed by atoms with van der Waals surface area (Å²) in [7, 11) is 0. The molecule has 0 heterocycles. The van der Waals surface area contributed by atoms with Crippen LogP contribution in [0.1, 0.15) is 61.0 Å². The molecule has 0 spiro atoms. The van der Waals surface area contributed by atoms with Gasteiger partial charge in [-0.05, 0) is 110 Å². The van der Waals surface area contributed by atoms with Crippen LogP contribution in [-0.2, 0) is 13.0 Å². The first-order valence-electron chi connectivity index (χ1n) is 12.6. The highest BCUT2D eigenvalue weighted by molar-refractivity contribution is 5.95. The fraction of sp³-hybridized carbons (Fsp3) is 0.212. The van der Waals surface area contributed by atoms with Gasteiger partial charge in [0, 0.05) is 23.9 Å².